The lowest BCUT2D eigenvalue weighted by molar-refractivity contribution is 0.575. The highest BCUT2D eigenvalue weighted by Gasteiger charge is 2.10. The summed E-state index contributed by atoms with van der Waals surface area (Å²) in [6.07, 6.45) is 12.0. The van der Waals surface area contributed by atoms with Crippen LogP contribution in [-0.2, 0) is 6.42 Å². The molecule has 2 rings (SSSR count). The van der Waals surface area contributed by atoms with Gasteiger partial charge in [-0.2, -0.15) is 4.98 Å². The van der Waals surface area contributed by atoms with Gasteiger partial charge in [0, 0.05) is 20.1 Å². The molecule has 0 fully saturated rings. The number of rotatable bonds is 12. The van der Waals surface area contributed by atoms with Gasteiger partial charge in [0.05, 0.1) is 0 Å². The summed E-state index contributed by atoms with van der Waals surface area (Å²) in [5.74, 6) is 0. The second-order valence-electron chi connectivity index (χ2n) is 6.73. The number of unbranched alkanes of at least 4 members (excludes halogenated alkanes) is 7. The normalized spacial score (nSPS) is 11.3. The van der Waals surface area contributed by atoms with Crippen molar-refractivity contribution in [3.8, 4) is 0 Å². The molecule has 0 amide bonds. The first-order valence-electron chi connectivity index (χ1n) is 9.55. The van der Waals surface area contributed by atoms with Gasteiger partial charge in [-0.05, 0) is 30.5 Å². The van der Waals surface area contributed by atoms with Gasteiger partial charge in [-0.25, -0.2) is 0 Å². The number of aryl methyl sites for hydroxylation is 1. The topological polar surface area (TPSA) is 55.3 Å². The zero-order chi connectivity index (χ0) is 17.2. The minimum absolute atomic E-state index is 0.596. The van der Waals surface area contributed by atoms with Crippen LogP contribution in [0.15, 0.2) is 22.6 Å². The van der Waals surface area contributed by atoms with Crippen LogP contribution >= 0.6 is 0 Å². The third-order valence-electron chi connectivity index (χ3n) is 4.55. The Hall–Kier alpha value is -1.55. The fourth-order valence-corrected chi connectivity index (χ4v) is 3.03. The average molecular weight is 332 g/mol. The summed E-state index contributed by atoms with van der Waals surface area (Å²) in [7, 11) is 1.96. The van der Waals surface area contributed by atoms with Gasteiger partial charge in [0.1, 0.15) is 5.52 Å². The van der Waals surface area contributed by atoms with Crippen LogP contribution in [0.1, 0.15) is 63.9 Å². The molecule has 24 heavy (non-hydrogen) atoms. The number of hydrogen-bond donors (Lipinski definition) is 1. The van der Waals surface area contributed by atoms with Crippen molar-refractivity contribution in [1.29, 1.82) is 0 Å². The molecule has 2 aromatic rings. The zero-order valence-electron chi connectivity index (χ0n) is 15.4. The van der Waals surface area contributed by atoms with Gasteiger partial charge < -0.3 is 15.1 Å². The Morgan fingerprint density at radius 1 is 1.04 bits per heavy atom. The zero-order valence-corrected chi connectivity index (χ0v) is 15.4. The number of nitrogens with zero attached hydrogens (tertiary/aromatic N) is 2. The summed E-state index contributed by atoms with van der Waals surface area (Å²) in [4.78, 5) is 6.54. The largest absolute Gasteiger partial charge is 0.423 e. The lowest BCUT2D eigenvalue weighted by atomic mass is 10.0. The Morgan fingerprint density at radius 2 is 1.75 bits per heavy atom. The molecular weight excluding hydrogens is 298 g/mol. The maximum Gasteiger partial charge on any atom is 0.298 e. The summed E-state index contributed by atoms with van der Waals surface area (Å²) < 4.78 is 5.79. The maximum absolute atomic E-state index is 5.79. The Morgan fingerprint density at radius 3 is 2.46 bits per heavy atom. The van der Waals surface area contributed by atoms with Crippen molar-refractivity contribution in [3.05, 3.63) is 23.8 Å². The molecule has 0 radical (unpaired) electrons. The summed E-state index contributed by atoms with van der Waals surface area (Å²) in [6, 6.07) is 7.03. The predicted molar refractivity (Wildman–Crippen MR) is 103 cm³/mol. The van der Waals surface area contributed by atoms with Crippen molar-refractivity contribution in [3.63, 3.8) is 0 Å². The van der Waals surface area contributed by atoms with Crippen molar-refractivity contribution in [2.45, 2.75) is 64.7 Å². The molecular formula is C20H33N3O. The number of fused-ring (bicyclic) bond motifs is 1. The van der Waals surface area contributed by atoms with Crippen LogP contribution in [0.25, 0.3) is 11.1 Å². The SMILES string of the molecule is CCCCCCCCCCc1ccc2oc(N(C)CCN)nc2c1. The molecule has 1 aromatic heterocycles. The van der Waals surface area contributed by atoms with Crippen LogP contribution < -0.4 is 10.6 Å². The lowest BCUT2D eigenvalue weighted by Crippen LogP contribution is -2.25. The van der Waals surface area contributed by atoms with E-state index in [1.165, 1.54) is 56.9 Å². The van der Waals surface area contributed by atoms with E-state index in [9.17, 15) is 0 Å². The van der Waals surface area contributed by atoms with Crippen LogP contribution in [0, 0.1) is 0 Å². The molecule has 0 unspecified atom stereocenters. The van der Waals surface area contributed by atoms with Gasteiger partial charge in [-0.3, -0.25) is 0 Å². The quantitative estimate of drug-likeness (QED) is 0.562. The van der Waals surface area contributed by atoms with Gasteiger partial charge in [-0.1, -0.05) is 57.9 Å². The number of hydrogen-bond acceptors (Lipinski definition) is 4. The number of likely N-dealkylation sites (N-methyl/N-ethyl adjacent to an activating group) is 1. The number of oxazole rings is 1. The van der Waals surface area contributed by atoms with Crippen molar-refractivity contribution >= 4 is 17.1 Å². The monoisotopic (exact) mass is 331 g/mol. The Balaban J connectivity index is 1.76. The summed E-state index contributed by atoms with van der Waals surface area (Å²) >= 11 is 0. The molecule has 0 saturated carbocycles. The van der Waals surface area contributed by atoms with Crippen LogP contribution in [0.2, 0.25) is 0 Å². The molecule has 134 valence electrons. The molecule has 0 aliphatic heterocycles. The van der Waals surface area contributed by atoms with Crippen molar-refractivity contribution in [2.75, 3.05) is 25.0 Å². The Bertz CT molecular complexity index is 594. The van der Waals surface area contributed by atoms with Gasteiger partial charge in [0.15, 0.2) is 5.58 Å². The van der Waals surface area contributed by atoms with E-state index in [2.05, 4.69) is 24.0 Å². The first-order valence-corrected chi connectivity index (χ1v) is 9.55. The first kappa shape index (κ1) is 18.8. The molecule has 1 aromatic carbocycles. The van der Waals surface area contributed by atoms with E-state index in [0.717, 1.165) is 24.1 Å². The third-order valence-corrected chi connectivity index (χ3v) is 4.55. The van der Waals surface area contributed by atoms with Gasteiger partial charge in [0.2, 0.25) is 0 Å². The van der Waals surface area contributed by atoms with Crippen molar-refractivity contribution in [2.24, 2.45) is 5.73 Å². The Labute approximate surface area is 146 Å². The highest BCUT2D eigenvalue weighted by molar-refractivity contribution is 5.75. The Kier molecular flexibility index (Phi) is 8.10. The smallest absolute Gasteiger partial charge is 0.298 e. The van der Waals surface area contributed by atoms with Gasteiger partial charge in [0.25, 0.3) is 6.01 Å². The second kappa shape index (κ2) is 10.3. The van der Waals surface area contributed by atoms with E-state index < -0.39 is 0 Å². The van der Waals surface area contributed by atoms with Crippen molar-refractivity contribution in [1.82, 2.24) is 4.98 Å². The van der Waals surface area contributed by atoms with E-state index >= 15 is 0 Å². The molecule has 0 spiro atoms. The van der Waals surface area contributed by atoms with Gasteiger partial charge in [-0.15, -0.1) is 0 Å². The standard InChI is InChI=1S/C20H33N3O/c1-3-4-5-6-7-8-9-10-11-17-12-13-19-18(16-17)22-20(24-19)23(2)15-14-21/h12-13,16H,3-11,14-15,21H2,1-2H3. The third kappa shape index (κ3) is 5.82. The summed E-state index contributed by atoms with van der Waals surface area (Å²) in [5.41, 5.74) is 8.75. The number of aromatic nitrogens is 1. The van der Waals surface area contributed by atoms with Crippen LogP contribution in [-0.4, -0.2) is 25.1 Å². The second-order valence-corrected chi connectivity index (χ2v) is 6.73. The molecule has 4 nitrogen and oxygen atoms in total. The van der Waals surface area contributed by atoms with Crippen LogP contribution in [0.5, 0.6) is 0 Å². The predicted octanol–water partition coefficient (Wildman–Crippen LogP) is 4.91. The van der Waals surface area contributed by atoms with E-state index in [1.54, 1.807) is 0 Å². The highest BCUT2D eigenvalue weighted by Crippen LogP contribution is 2.23. The minimum atomic E-state index is 0.596. The molecule has 4 heteroatoms. The molecule has 0 atom stereocenters. The lowest BCUT2D eigenvalue weighted by Gasteiger charge is -2.11. The van der Waals surface area contributed by atoms with E-state index in [0.29, 0.717) is 12.6 Å². The minimum Gasteiger partial charge on any atom is -0.423 e. The van der Waals surface area contributed by atoms with E-state index in [1.807, 2.05) is 18.0 Å². The van der Waals surface area contributed by atoms with Crippen LogP contribution in [0.3, 0.4) is 0 Å². The molecule has 0 aliphatic rings. The molecule has 1 heterocycles. The molecule has 0 bridgehead atoms. The fourth-order valence-electron chi connectivity index (χ4n) is 3.03. The van der Waals surface area contributed by atoms with Gasteiger partial charge >= 0.3 is 0 Å². The van der Waals surface area contributed by atoms with E-state index in [4.69, 9.17) is 10.2 Å². The number of nitrogens with two attached hydrogens (primary N) is 1. The summed E-state index contributed by atoms with van der Waals surface area (Å²) in [6.45, 7) is 3.61. The molecule has 0 saturated heterocycles. The maximum atomic E-state index is 5.79. The van der Waals surface area contributed by atoms with Crippen LogP contribution in [0.4, 0.5) is 6.01 Å². The van der Waals surface area contributed by atoms with E-state index in [-0.39, 0.29) is 0 Å². The fraction of sp³-hybridized carbons (Fsp3) is 0.650. The number of anilines is 1. The summed E-state index contributed by atoms with van der Waals surface area (Å²) in [5, 5.41) is 0. The molecule has 0 aliphatic carbocycles. The highest BCUT2D eigenvalue weighted by atomic mass is 16.4. The van der Waals surface area contributed by atoms with Crippen molar-refractivity contribution < 1.29 is 4.42 Å². The first-order chi connectivity index (χ1) is 11.7. The number of benzene rings is 1. The molecule has 2 N–H and O–H groups in total. The average Bonchev–Trinajstić information content (AvgIpc) is 3.01.